The molecule has 2 N–H and O–H groups in total. The molecule has 1 heterocycles. The van der Waals surface area contributed by atoms with Crippen molar-refractivity contribution < 1.29 is 9.53 Å². The van der Waals surface area contributed by atoms with E-state index in [1.165, 1.54) is 5.56 Å². The number of carbonyl (C=O) groups excluding carboxylic acids is 1. The first kappa shape index (κ1) is 12.7. The van der Waals surface area contributed by atoms with Crippen LogP contribution in [0.4, 0.5) is 5.69 Å². The van der Waals surface area contributed by atoms with Crippen molar-refractivity contribution in [3.63, 3.8) is 0 Å². The van der Waals surface area contributed by atoms with Gasteiger partial charge in [-0.15, -0.1) is 0 Å². The van der Waals surface area contributed by atoms with Crippen LogP contribution < -0.4 is 15.4 Å². The second-order valence-electron chi connectivity index (χ2n) is 4.83. The highest BCUT2D eigenvalue weighted by molar-refractivity contribution is 5.78. The number of para-hydroxylation sites is 1. The van der Waals surface area contributed by atoms with Gasteiger partial charge in [0.1, 0.15) is 5.75 Å². The SMILES string of the molecule is CC(C)NC(=O)COc1cccc2c1NCCC2. The molecule has 98 valence electrons. The molecule has 0 bridgehead atoms. The molecular formula is C14H20N2O2. The van der Waals surface area contributed by atoms with Gasteiger partial charge in [-0.05, 0) is 38.3 Å². The average molecular weight is 248 g/mol. The first-order valence-corrected chi connectivity index (χ1v) is 6.44. The highest BCUT2D eigenvalue weighted by atomic mass is 16.5. The maximum Gasteiger partial charge on any atom is 0.258 e. The molecule has 0 radical (unpaired) electrons. The van der Waals surface area contributed by atoms with E-state index in [9.17, 15) is 4.79 Å². The van der Waals surface area contributed by atoms with E-state index in [0.717, 1.165) is 30.8 Å². The summed E-state index contributed by atoms with van der Waals surface area (Å²) in [5, 5.41) is 6.15. The topological polar surface area (TPSA) is 50.4 Å². The summed E-state index contributed by atoms with van der Waals surface area (Å²) in [6.45, 7) is 4.90. The molecule has 1 aliphatic rings. The van der Waals surface area contributed by atoms with Crippen LogP contribution in [0, 0.1) is 0 Å². The maximum atomic E-state index is 11.5. The number of benzene rings is 1. The first-order chi connectivity index (χ1) is 8.66. The first-order valence-electron chi connectivity index (χ1n) is 6.44. The minimum atomic E-state index is -0.0848. The van der Waals surface area contributed by atoms with Crippen molar-refractivity contribution >= 4 is 11.6 Å². The van der Waals surface area contributed by atoms with Crippen LogP contribution in [-0.2, 0) is 11.2 Å². The van der Waals surface area contributed by atoms with Gasteiger partial charge in [0.2, 0.25) is 0 Å². The molecule has 0 saturated carbocycles. The van der Waals surface area contributed by atoms with Crippen molar-refractivity contribution in [1.82, 2.24) is 5.32 Å². The summed E-state index contributed by atoms with van der Waals surface area (Å²) in [5.74, 6) is 0.685. The number of hydrogen-bond acceptors (Lipinski definition) is 3. The maximum absolute atomic E-state index is 11.5. The van der Waals surface area contributed by atoms with Gasteiger partial charge in [-0.25, -0.2) is 0 Å². The summed E-state index contributed by atoms with van der Waals surface area (Å²) in [4.78, 5) is 11.5. The van der Waals surface area contributed by atoms with Crippen molar-refractivity contribution in [2.24, 2.45) is 0 Å². The number of aryl methyl sites for hydroxylation is 1. The number of hydrogen-bond donors (Lipinski definition) is 2. The van der Waals surface area contributed by atoms with Crippen LogP contribution >= 0.6 is 0 Å². The molecule has 0 aromatic heterocycles. The molecule has 1 aliphatic heterocycles. The Morgan fingerprint density at radius 2 is 2.33 bits per heavy atom. The minimum absolute atomic E-state index is 0.0658. The lowest BCUT2D eigenvalue weighted by Crippen LogP contribution is -2.34. The van der Waals surface area contributed by atoms with Gasteiger partial charge in [0.25, 0.3) is 5.91 Å². The normalized spacial score (nSPS) is 13.7. The van der Waals surface area contributed by atoms with Crippen LogP contribution in [0.15, 0.2) is 18.2 Å². The fourth-order valence-electron chi connectivity index (χ4n) is 2.11. The smallest absolute Gasteiger partial charge is 0.258 e. The van der Waals surface area contributed by atoms with E-state index >= 15 is 0 Å². The highest BCUT2D eigenvalue weighted by Gasteiger charge is 2.14. The molecule has 0 saturated heterocycles. The zero-order chi connectivity index (χ0) is 13.0. The van der Waals surface area contributed by atoms with Crippen molar-refractivity contribution in [2.45, 2.75) is 32.7 Å². The number of amides is 1. The zero-order valence-corrected chi connectivity index (χ0v) is 11.0. The summed E-state index contributed by atoms with van der Waals surface area (Å²) >= 11 is 0. The van der Waals surface area contributed by atoms with Gasteiger partial charge >= 0.3 is 0 Å². The van der Waals surface area contributed by atoms with E-state index in [-0.39, 0.29) is 18.6 Å². The van der Waals surface area contributed by atoms with Gasteiger partial charge < -0.3 is 15.4 Å². The van der Waals surface area contributed by atoms with Gasteiger partial charge in [0, 0.05) is 12.6 Å². The summed E-state index contributed by atoms with van der Waals surface area (Å²) in [6, 6.07) is 6.12. The van der Waals surface area contributed by atoms with Crippen molar-refractivity contribution in [3.8, 4) is 5.75 Å². The number of rotatable bonds is 4. The standard InChI is InChI=1S/C14H20N2O2/c1-10(2)16-13(17)9-18-12-7-3-5-11-6-4-8-15-14(11)12/h3,5,7,10,15H,4,6,8-9H2,1-2H3,(H,16,17). The number of nitrogens with one attached hydrogen (secondary N) is 2. The van der Waals surface area contributed by atoms with Gasteiger partial charge in [-0.2, -0.15) is 0 Å². The third-order valence-electron chi connectivity index (χ3n) is 2.85. The molecule has 0 unspecified atom stereocenters. The van der Waals surface area contributed by atoms with Crippen LogP contribution in [0.5, 0.6) is 5.75 Å². The Morgan fingerprint density at radius 3 is 3.11 bits per heavy atom. The molecule has 0 spiro atoms. The molecule has 2 rings (SSSR count). The summed E-state index contributed by atoms with van der Waals surface area (Å²) in [6.07, 6.45) is 2.21. The lowest BCUT2D eigenvalue weighted by atomic mass is 10.0. The number of ether oxygens (including phenoxy) is 1. The predicted octanol–water partition coefficient (Wildman–Crippen LogP) is 1.95. The molecule has 1 amide bonds. The third kappa shape index (κ3) is 3.15. The molecule has 1 aromatic carbocycles. The average Bonchev–Trinajstić information content (AvgIpc) is 2.35. The van der Waals surface area contributed by atoms with Crippen molar-refractivity contribution in [3.05, 3.63) is 23.8 Å². The largest absolute Gasteiger partial charge is 0.482 e. The van der Waals surface area contributed by atoms with E-state index in [1.807, 2.05) is 26.0 Å². The monoisotopic (exact) mass is 248 g/mol. The quantitative estimate of drug-likeness (QED) is 0.856. The zero-order valence-electron chi connectivity index (χ0n) is 11.0. The highest BCUT2D eigenvalue weighted by Crippen LogP contribution is 2.31. The van der Waals surface area contributed by atoms with Crippen LogP contribution in [0.2, 0.25) is 0 Å². The van der Waals surface area contributed by atoms with E-state index < -0.39 is 0 Å². The Kier molecular flexibility index (Phi) is 4.07. The summed E-state index contributed by atoms with van der Waals surface area (Å²) in [5.41, 5.74) is 2.31. The predicted molar refractivity (Wildman–Crippen MR) is 72.0 cm³/mol. The van der Waals surface area contributed by atoms with Crippen LogP contribution in [0.3, 0.4) is 0 Å². The fourth-order valence-corrected chi connectivity index (χ4v) is 2.11. The Bertz CT molecular complexity index is 430. The molecule has 0 atom stereocenters. The van der Waals surface area contributed by atoms with E-state index in [2.05, 4.69) is 16.7 Å². The van der Waals surface area contributed by atoms with E-state index in [4.69, 9.17) is 4.74 Å². The van der Waals surface area contributed by atoms with Gasteiger partial charge in [-0.1, -0.05) is 12.1 Å². The Morgan fingerprint density at radius 1 is 1.50 bits per heavy atom. The number of fused-ring (bicyclic) bond motifs is 1. The third-order valence-corrected chi connectivity index (χ3v) is 2.85. The van der Waals surface area contributed by atoms with Gasteiger partial charge in [0.05, 0.1) is 5.69 Å². The molecule has 4 nitrogen and oxygen atoms in total. The molecule has 4 heteroatoms. The summed E-state index contributed by atoms with van der Waals surface area (Å²) in [7, 11) is 0. The molecule has 18 heavy (non-hydrogen) atoms. The van der Waals surface area contributed by atoms with Crippen LogP contribution in [0.25, 0.3) is 0 Å². The lowest BCUT2D eigenvalue weighted by Gasteiger charge is -2.21. The van der Waals surface area contributed by atoms with Crippen LogP contribution in [-0.4, -0.2) is 25.1 Å². The Hall–Kier alpha value is -1.71. The van der Waals surface area contributed by atoms with E-state index in [0.29, 0.717) is 0 Å². The van der Waals surface area contributed by atoms with Gasteiger partial charge in [-0.3, -0.25) is 4.79 Å². The molecule has 1 aromatic rings. The second-order valence-corrected chi connectivity index (χ2v) is 4.83. The Labute approximate surface area is 108 Å². The van der Waals surface area contributed by atoms with Crippen LogP contribution in [0.1, 0.15) is 25.8 Å². The molecular weight excluding hydrogens is 228 g/mol. The Balaban J connectivity index is 1.99. The molecule has 0 fully saturated rings. The molecule has 0 aliphatic carbocycles. The lowest BCUT2D eigenvalue weighted by molar-refractivity contribution is -0.123. The van der Waals surface area contributed by atoms with Crippen molar-refractivity contribution in [2.75, 3.05) is 18.5 Å². The second kappa shape index (κ2) is 5.76. The van der Waals surface area contributed by atoms with E-state index in [1.54, 1.807) is 0 Å². The summed E-state index contributed by atoms with van der Waals surface area (Å²) < 4.78 is 5.59. The minimum Gasteiger partial charge on any atom is -0.482 e. The number of anilines is 1. The van der Waals surface area contributed by atoms with Gasteiger partial charge in [0.15, 0.2) is 6.61 Å². The fraction of sp³-hybridized carbons (Fsp3) is 0.500. The van der Waals surface area contributed by atoms with Crippen molar-refractivity contribution in [1.29, 1.82) is 0 Å². The number of carbonyl (C=O) groups is 1.